The zero-order valence-corrected chi connectivity index (χ0v) is 17.7. The molecule has 0 fully saturated rings. The smallest absolute Gasteiger partial charge is 0.277 e. The molecule has 7 heteroatoms. The van der Waals surface area contributed by atoms with Crippen molar-refractivity contribution in [1.29, 1.82) is 0 Å². The van der Waals surface area contributed by atoms with Gasteiger partial charge in [0.2, 0.25) is 0 Å². The number of carbonyl (C=O) groups is 1. The van der Waals surface area contributed by atoms with Crippen LogP contribution in [0.15, 0.2) is 71.8 Å². The van der Waals surface area contributed by atoms with Crippen molar-refractivity contribution in [1.82, 2.24) is 5.43 Å². The average Bonchev–Trinajstić information content (AvgIpc) is 2.77. The minimum absolute atomic E-state index is 0.0104. The fourth-order valence-electron chi connectivity index (χ4n) is 3.79. The number of fused-ring (bicyclic) bond motifs is 2. The van der Waals surface area contributed by atoms with Crippen molar-refractivity contribution in [3.63, 3.8) is 0 Å². The molecule has 32 heavy (non-hydrogen) atoms. The molecule has 0 bridgehead atoms. The van der Waals surface area contributed by atoms with E-state index in [9.17, 15) is 14.9 Å². The topological polar surface area (TPSA) is 93.8 Å². The summed E-state index contributed by atoms with van der Waals surface area (Å²) in [4.78, 5) is 22.8. The molecule has 0 radical (unpaired) electrons. The monoisotopic (exact) mass is 427 g/mol. The summed E-state index contributed by atoms with van der Waals surface area (Å²) >= 11 is 0. The third-order valence-electron chi connectivity index (χ3n) is 5.20. The number of hydrogen-bond donors (Lipinski definition) is 1. The number of amides is 1. The first kappa shape index (κ1) is 21.0. The lowest BCUT2D eigenvalue weighted by molar-refractivity contribution is -0.385. The molecule has 4 aromatic rings. The molecule has 0 atom stereocenters. The number of hydrazone groups is 1. The van der Waals surface area contributed by atoms with E-state index in [-0.39, 0.29) is 12.3 Å². The van der Waals surface area contributed by atoms with Crippen LogP contribution in [-0.4, -0.2) is 23.7 Å². The second-order valence-electron chi connectivity index (χ2n) is 7.48. The van der Waals surface area contributed by atoms with Crippen LogP contribution in [0.5, 0.6) is 5.75 Å². The second kappa shape index (κ2) is 8.85. The third kappa shape index (κ3) is 4.27. The van der Waals surface area contributed by atoms with Gasteiger partial charge in [-0.25, -0.2) is 5.43 Å². The number of non-ortho nitro benzene ring substituents is 1. The van der Waals surface area contributed by atoms with E-state index in [2.05, 4.69) is 16.6 Å². The number of nitro groups is 1. The molecule has 0 saturated heterocycles. The Kier molecular flexibility index (Phi) is 5.81. The van der Waals surface area contributed by atoms with Gasteiger partial charge in [-0.3, -0.25) is 14.9 Å². The van der Waals surface area contributed by atoms with Crippen LogP contribution in [0, 0.1) is 24.0 Å². The Hall–Kier alpha value is -4.26. The summed E-state index contributed by atoms with van der Waals surface area (Å²) in [5.74, 6) is 0.0257. The Morgan fingerprint density at radius 2 is 1.56 bits per heavy atom. The van der Waals surface area contributed by atoms with E-state index in [0.29, 0.717) is 16.9 Å². The standard InChI is InChI=1S/C25H21N3O4/c1-16-11-20(28(30)31)12-17(2)25(16)32-15-24(29)27-26-14-23-21-9-5-3-7-18(21)13-19-8-4-6-10-22(19)23/h3-14H,15H2,1-2H3,(H,27,29)/b26-14+. The molecule has 0 unspecified atom stereocenters. The minimum atomic E-state index is -0.456. The average molecular weight is 427 g/mol. The van der Waals surface area contributed by atoms with Gasteiger partial charge >= 0.3 is 0 Å². The highest BCUT2D eigenvalue weighted by atomic mass is 16.6. The van der Waals surface area contributed by atoms with Gasteiger partial charge in [-0.15, -0.1) is 0 Å². The zero-order chi connectivity index (χ0) is 22.7. The molecule has 0 aliphatic carbocycles. The van der Waals surface area contributed by atoms with E-state index in [1.807, 2.05) is 48.5 Å². The van der Waals surface area contributed by atoms with Crippen LogP contribution in [0.3, 0.4) is 0 Å². The predicted octanol–water partition coefficient (Wildman–Crippen LogP) is 5.05. The molecule has 160 valence electrons. The Labute approximate surface area is 184 Å². The summed E-state index contributed by atoms with van der Waals surface area (Å²) in [6.45, 7) is 3.15. The van der Waals surface area contributed by atoms with Crippen LogP contribution in [0.4, 0.5) is 5.69 Å². The fraction of sp³-hybridized carbons (Fsp3) is 0.120. The highest BCUT2D eigenvalue weighted by molar-refractivity contribution is 6.13. The number of rotatable bonds is 6. The molecule has 0 aromatic heterocycles. The van der Waals surface area contributed by atoms with Gasteiger partial charge in [0, 0.05) is 17.7 Å². The molecule has 1 amide bonds. The summed E-state index contributed by atoms with van der Waals surface area (Å²) in [5, 5.41) is 19.4. The maximum atomic E-state index is 12.3. The van der Waals surface area contributed by atoms with Crippen molar-refractivity contribution < 1.29 is 14.5 Å². The quantitative estimate of drug-likeness (QED) is 0.202. The number of benzene rings is 4. The molecule has 0 aliphatic rings. The van der Waals surface area contributed by atoms with Crippen LogP contribution in [0.1, 0.15) is 16.7 Å². The van der Waals surface area contributed by atoms with Gasteiger partial charge in [-0.2, -0.15) is 5.10 Å². The van der Waals surface area contributed by atoms with Crippen molar-refractivity contribution in [2.75, 3.05) is 6.61 Å². The number of ether oxygens (including phenoxy) is 1. The number of hydrogen-bond acceptors (Lipinski definition) is 5. The van der Waals surface area contributed by atoms with Crippen molar-refractivity contribution in [3.05, 3.63) is 93.5 Å². The summed E-state index contributed by atoms with van der Waals surface area (Å²) in [5.41, 5.74) is 4.59. The second-order valence-corrected chi connectivity index (χ2v) is 7.48. The normalized spacial score (nSPS) is 11.2. The van der Waals surface area contributed by atoms with Crippen LogP contribution in [0.25, 0.3) is 21.5 Å². The van der Waals surface area contributed by atoms with Gasteiger partial charge in [0.05, 0.1) is 11.1 Å². The van der Waals surface area contributed by atoms with E-state index in [0.717, 1.165) is 27.1 Å². The Bertz CT molecular complexity index is 1300. The number of nitro benzene ring substituents is 1. The van der Waals surface area contributed by atoms with Gasteiger partial charge in [-0.05, 0) is 52.6 Å². The van der Waals surface area contributed by atoms with Gasteiger partial charge < -0.3 is 4.74 Å². The molecule has 4 rings (SSSR count). The lowest BCUT2D eigenvalue weighted by Gasteiger charge is -2.11. The van der Waals surface area contributed by atoms with Crippen LogP contribution < -0.4 is 10.2 Å². The molecule has 7 nitrogen and oxygen atoms in total. The molecule has 0 aliphatic heterocycles. The SMILES string of the molecule is Cc1cc([N+](=O)[O-])cc(C)c1OCC(=O)N/N=C/c1c2ccccc2cc2ccccc12. The largest absolute Gasteiger partial charge is 0.483 e. The van der Waals surface area contributed by atoms with E-state index in [1.54, 1.807) is 20.1 Å². The van der Waals surface area contributed by atoms with Crippen molar-refractivity contribution in [2.24, 2.45) is 5.10 Å². The Morgan fingerprint density at radius 3 is 2.12 bits per heavy atom. The highest BCUT2D eigenvalue weighted by Crippen LogP contribution is 2.29. The molecule has 0 spiro atoms. The van der Waals surface area contributed by atoms with Crippen LogP contribution in [0.2, 0.25) is 0 Å². The maximum absolute atomic E-state index is 12.3. The lowest BCUT2D eigenvalue weighted by Crippen LogP contribution is -2.25. The van der Waals surface area contributed by atoms with Gasteiger partial charge in [0.15, 0.2) is 6.61 Å². The van der Waals surface area contributed by atoms with E-state index in [1.165, 1.54) is 12.1 Å². The maximum Gasteiger partial charge on any atom is 0.277 e. The summed E-state index contributed by atoms with van der Waals surface area (Å²) < 4.78 is 5.60. The van der Waals surface area contributed by atoms with Gasteiger partial charge in [-0.1, -0.05) is 48.5 Å². The Morgan fingerprint density at radius 1 is 1.00 bits per heavy atom. The number of carbonyl (C=O) groups excluding carboxylic acids is 1. The first-order valence-corrected chi connectivity index (χ1v) is 10.0. The molecular formula is C25H21N3O4. The molecule has 4 aromatic carbocycles. The van der Waals surface area contributed by atoms with Crippen LogP contribution >= 0.6 is 0 Å². The summed E-state index contributed by atoms with van der Waals surface area (Å²) in [6.07, 6.45) is 1.64. The van der Waals surface area contributed by atoms with Crippen molar-refractivity contribution >= 4 is 39.4 Å². The fourth-order valence-corrected chi connectivity index (χ4v) is 3.79. The lowest BCUT2D eigenvalue weighted by atomic mass is 9.97. The molecule has 0 saturated carbocycles. The van der Waals surface area contributed by atoms with Crippen molar-refractivity contribution in [2.45, 2.75) is 13.8 Å². The highest BCUT2D eigenvalue weighted by Gasteiger charge is 2.14. The molecule has 0 heterocycles. The first-order chi connectivity index (χ1) is 15.4. The minimum Gasteiger partial charge on any atom is -0.483 e. The first-order valence-electron chi connectivity index (χ1n) is 10.0. The van der Waals surface area contributed by atoms with Crippen molar-refractivity contribution in [3.8, 4) is 5.75 Å². The summed E-state index contributed by atoms with van der Waals surface area (Å²) in [6, 6.07) is 21.0. The van der Waals surface area contributed by atoms with E-state index in [4.69, 9.17) is 4.74 Å². The van der Waals surface area contributed by atoms with Gasteiger partial charge in [0.25, 0.3) is 11.6 Å². The number of nitrogens with one attached hydrogen (secondary N) is 1. The number of aryl methyl sites for hydroxylation is 2. The van der Waals surface area contributed by atoms with E-state index >= 15 is 0 Å². The molecular weight excluding hydrogens is 406 g/mol. The summed E-state index contributed by atoms with van der Waals surface area (Å²) in [7, 11) is 0. The number of nitrogens with zero attached hydrogens (tertiary/aromatic N) is 2. The zero-order valence-electron chi connectivity index (χ0n) is 17.7. The third-order valence-corrected chi connectivity index (χ3v) is 5.20. The van der Waals surface area contributed by atoms with E-state index < -0.39 is 10.8 Å². The Balaban J connectivity index is 1.50. The predicted molar refractivity (Wildman–Crippen MR) is 125 cm³/mol. The molecule has 1 N–H and O–H groups in total. The van der Waals surface area contributed by atoms with Gasteiger partial charge in [0.1, 0.15) is 5.75 Å². The van der Waals surface area contributed by atoms with Crippen LogP contribution in [-0.2, 0) is 4.79 Å².